The zero-order valence-corrected chi connectivity index (χ0v) is 16.2. The highest BCUT2D eigenvalue weighted by molar-refractivity contribution is 5.75. The van der Waals surface area contributed by atoms with Gasteiger partial charge in [0.2, 0.25) is 11.9 Å². The minimum absolute atomic E-state index is 0.0187. The second-order valence-corrected chi connectivity index (χ2v) is 6.40. The van der Waals surface area contributed by atoms with Crippen molar-refractivity contribution in [1.29, 1.82) is 0 Å². The number of carbonyl (C=O) groups is 1. The van der Waals surface area contributed by atoms with Crippen LogP contribution < -0.4 is 20.9 Å². The summed E-state index contributed by atoms with van der Waals surface area (Å²) in [6.45, 7) is 7.39. The number of aromatic amines is 1. The molecule has 1 amide bonds. The molecular weight excluding hydrogens is 344 g/mol. The quantitative estimate of drug-likeness (QED) is 0.556. The van der Waals surface area contributed by atoms with Crippen molar-refractivity contribution in [1.82, 2.24) is 15.3 Å². The molecule has 0 atom stereocenters. The molecule has 3 N–H and O–H groups in total. The van der Waals surface area contributed by atoms with E-state index in [0.29, 0.717) is 37.8 Å². The predicted octanol–water partition coefficient (Wildman–Crippen LogP) is 2.34. The fourth-order valence-electron chi connectivity index (χ4n) is 2.77. The Bertz CT molecular complexity index is 817. The zero-order valence-electron chi connectivity index (χ0n) is 16.2. The molecule has 1 aromatic heterocycles. The third-order valence-corrected chi connectivity index (χ3v) is 4.02. The number of aromatic nitrogens is 2. The van der Waals surface area contributed by atoms with Crippen LogP contribution in [0.1, 0.15) is 36.6 Å². The van der Waals surface area contributed by atoms with Crippen molar-refractivity contribution in [2.24, 2.45) is 0 Å². The van der Waals surface area contributed by atoms with Crippen LogP contribution >= 0.6 is 0 Å². The Kier molecular flexibility index (Phi) is 7.85. The van der Waals surface area contributed by atoms with Crippen LogP contribution in [0.5, 0.6) is 5.75 Å². The van der Waals surface area contributed by atoms with E-state index in [1.807, 2.05) is 19.9 Å². The minimum Gasteiger partial charge on any atom is -0.494 e. The van der Waals surface area contributed by atoms with Crippen molar-refractivity contribution >= 4 is 11.9 Å². The molecule has 7 nitrogen and oxygen atoms in total. The molecule has 0 fully saturated rings. The Labute approximate surface area is 159 Å². The van der Waals surface area contributed by atoms with Crippen molar-refractivity contribution < 1.29 is 9.53 Å². The molecule has 0 saturated carbocycles. The standard InChI is InChI=1S/C20H28N4O3/c1-4-27-17-9-8-16(12-14(17)2)6-5-7-18(25)21-10-11-22-20-23-15(3)13-19(26)24-20/h8-9,12-13H,4-7,10-11H2,1-3H3,(H,21,25)(H2,22,23,24,26). The molecule has 1 aromatic carbocycles. The minimum atomic E-state index is -0.196. The predicted molar refractivity (Wildman–Crippen MR) is 106 cm³/mol. The average Bonchev–Trinajstić information content (AvgIpc) is 2.60. The number of carbonyl (C=O) groups excluding carboxylic acids is 1. The van der Waals surface area contributed by atoms with Gasteiger partial charge in [-0.1, -0.05) is 12.1 Å². The molecule has 0 unspecified atom stereocenters. The summed E-state index contributed by atoms with van der Waals surface area (Å²) in [5.41, 5.74) is 2.78. The lowest BCUT2D eigenvalue weighted by Gasteiger charge is -2.09. The molecule has 0 aliphatic carbocycles. The molecule has 27 heavy (non-hydrogen) atoms. The molecule has 0 bridgehead atoms. The number of rotatable bonds is 10. The van der Waals surface area contributed by atoms with E-state index in [1.165, 1.54) is 11.6 Å². The summed E-state index contributed by atoms with van der Waals surface area (Å²) in [5, 5.41) is 5.86. The van der Waals surface area contributed by atoms with Gasteiger partial charge in [-0.2, -0.15) is 0 Å². The van der Waals surface area contributed by atoms with Crippen LogP contribution in [0.25, 0.3) is 0 Å². The van der Waals surface area contributed by atoms with E-state index in [0.717, 1.165) is 24.2 Å². The van der Waals surface area contributed by atoms with E-state index in [1.54, 1.807) is 6.92 Å². The maximum absolute atomic E-state index is 11.9. The summed E-state index contributed by atoms with van der Waals surface area (Å²) < 4.78 is 5.54. The molecule has 7 heteroatoms. The van der Waals surface area contributed by atoms with E-state index in [4.69, 9.17) is 4.74 Å². The van der Waals surface area contributed by atoms with E-state index in [2.05, 4.69) is 32.7 Å². The highest BCUT2D eigenvalue weighted by Gasteiger charge is 2.04. The summed E-state index contributed by atoms with van der Waals surface area (Å²) >= 11 is 0. The Morgan fingerprint density at radius 2 is 2.04 bits per heavy atom. The summed E-state index contributed by atoms with van der Waals surface area (Å²) in [4.78, 5) is 30.0. The molecule has 1 heterocycles. The van der Waals surface area contributed by atoms with Gasteiger partial charge in [-0.3, -0.25) is 14.6 Å². The largest absolute Gasteiger partial charge is 0.494 e. The highest BCUT2D eigenvalue weighted by Crippen LogP contribution is 2.20. The summed E-state index contributed by atoms with van der Waals surface area (Å²) in [5.74, 6) is 1.35. The number of H-pyrrole nitrogens is 1. The van der Waals surface area contributed by atoms with Crippen LogP contribution in [-0.4, -0.2) is 35.6 Å². The van der Waals surface area contributed by atoms with Crippen LogP contribution in [0, 0.1) is 13.8 Å². The second kappa shape index (κ2) is 10.4. The van der Waals surface area contributed by atoms with Gasteiger partial charge in [0, 0.05) is 31.3 Å². The Hall–Kier alpha value is -2.83. The smallest absolute Gasteiger partial charge is 0.252 e. The maximum atomic E-state index is 11.9. The molecule has 0 spiro atoms. The zero-order chi connectivity index (χ0) is 19.6. The average molecular weight is 372 g/mol. The van der Waals surface area contributed by atoms with Gasteiger partial charge in [0.1, 0.15) is 5.75 Å². The van der Waals surface area contributed by atoms with Crippen LogP contribution in [0.3, 0.4) is 0 Å². The number of hydrogen-bond donors (Lipinski definition) is 3. The molecular formula is C20H28N4O3. The lowest BCUT2D eigenvalue weighted by atomic mass is 10.0. The molecule has 0 radical (unpaired) electrons. The van der Waals surface area contributed by atoms with Gasteiger partial charge in [0.25, 0.3) is 5.56 Å². The first kappa shape index (κ1) is 20.5. The maximum Gasteiger partial charge on any atom is 0.252 e. The lowest BCUT2D eigenvalue weighted by Crippen LogP contribution is -2.29. The molecule has 0 aliphatic rings. The monoisotopic (exact) mass is 372 g/mol. The first-order valence-electron chi connectivity index (χ1n) is 9.28. The molecule has 2 rings (SSSR count). The highest BCUT2D eigenvalue weighted by atomic mass is 16.5. The van der Waals surface area contributed by atoms with Crippen molar-refractivity contribution in [2.75, 3.05) is 25.0 Å². The van der Waals surface area contributed by atoms with E-state index in [9.17, 15) is 9.59 Å². The van der Waals surface area contributed by atoms with Crippen LogP contribution in [0.2, 0.25) is 0 Å². The third-order valence-electron chi connectivity index (χ3n) is 4.02. The van der Waals surface area contributed by atoms with Crippen LogP contribution in [0.4, 0.5) is 5.95 Å². The number of aryl methyl sites for hydroxylation is 3. The van der Waals surface area contributed by atoms with E-state index < -0.39 is 0 Å². The fourth-order valence-corrected chi connectivity index (χ4v) is 2.77. The fraction of sp³-hybridized carbons (Fsp3) is 0.450. The van der Waals surface area contributed by atoms with Crippen LogP contribution in [0.15, 0.2) is 29.1 Å². The van der Waals surface area contributed by atoms with Crippen LogP contribution in [-0.2, 0) is 11.2 Å². The molecule has 2 aromatic rings. The van der Waals surface area contributed by atoms with Gasteiger partial charge in [-0.25, -0.2) is 4.98 Å². The topological polar surface area (TPSA) is 96.1 Å². The first-order chi connectivity index (χ1) is 13.0. The molecule has 0 aliphatic heterocycles. The molecule has 0 saturated heterocycles. The normalized spacial score (nSPS) is 10.5. The van der Waals surface area contributed by atoms with E-state index >= 15 is 0 Å². The van der Waals surface area contributed by atoms with Crippen molar-refractivity contribution in [3.8, 4) is 5.75 Å². The van der Waals surface area contributed by atoms with E-state index in [-0.39, 0.29) is 11.5 Å². The molecule has 146 valence electrons. The number of ether oxygens (including phenoxy) is 1. The van der Waals surface area contributed by atoms with Gasteiger partial charge in [0.15, 0.2) is 0 Å². The number of amides is 1. The number of nitrogens with one attached hydrogen (secondary N) is 3. The Morgan fingerprint density at radius 1 is 1.22 bits per heavy atom. The van der Waals surface area contributed by atoms with Crippen molar-refractivity contribution in [3.63, 3.8) is 0 Å². The van der Waals surface area contributed by atoms with Gasteiger partial charge in [-0.05, 0) is 50.8 Å². The van der Waals surface area contributed by atoms with Crippen molar-refractivity contribution in [2.45, 2.75) is 40.0 Å². The third kappa shape index (κ3) is 7.13. The lowest BCUT2D eigenvalue weighted by molar-refractivity contribution is -0.121. The SMILES string of the molecule is CCOc1ccc(CCCC(=O)NCCNc2nc(C)cc(=O)[nH]2)cc1C. The second-order valence-electron chi connectivity index (χ2n) is 6.40. The Morgan fingerprint density at radius 3 is 2.74 bits per heavy atom. The number of nitrogens with zero attached hydrogens (tertiary/aromatic N) is 1. The number of anilines is 1. The first-order valence-corrected chi connectivity index (χ1v) is 9.28. The summed E-state index contributed by atoms with van der Waals surface area (Å²) in [6.07, 6.45) is 2.12. The number of hydrogen-bond acceptors (Lipinski definition) is 5. The van der Waals surface area contributed by atoms with Crippen molar-refractivity contribution in [3.05, 3.63) is 51.4 Å². The van der Waals surface area contributed by atoms with Gasteiger partial charge in [0.05, 0.1) is 6.61 Å². The summed E-state index contributed by atoms with van der Waals surface area (Å²) in [6, 6.07) is 7.58. The van der Waals surface area contributed by atoms with Gasteiger partial charge in [-0.15, -0.1) is 0 Å². The van der Waals surface area contributed by atoms with Gasteiger partial charge >= 0.3 is 0 Å². The Balaban J connectivity index is 1.65. The summed E-state index contributed by atoms with van der Waals surface area (Å²) in [7, 11) is 0. The van der Waals surface area contributed by atoms with Gasteiger partial charge < -0.3 is 15.4 Å². The number of benzene rings is 1.